The van der Waals surface area contributed by atoms with Crippen molar-refractivity contribution in [2.45, 2.75) is 13.5 Å². The summed E-state index contributed by atoms with van der Waals surface area (Å²) >= 11 is 1.50. The van der Waals surface area contributed by atoms with E-state index in [9.17, 15) is 8.78 Å². The summed E-state index contributed by atoms with van der Waals surface area (Å²) in [6, 6.07) is 5.71. The van der Waals surface area contributed by atoms with Crippen LogP contribution in [0.15, 0.2) is 46.6 Å². The average molecular weight is 410 g/mol. The normalized spacial score (nSPS) is 11.4. The van der Waals surface area contributed by atoms with Gasteiger partial charge < -0.3 is 4.52 Å². The predicted molar refractivity (Wildman–Crippen MR) is 101 cm³/mol. The lowest BCUT2D eigenvalue weighted by molar-refractivity contribution is 0.372. The minimum absolute atomic E-state index is 0.00590. The summed E-state index contributed by atoms with van der Waals surface area (Å²) in [6.07, 6.45) is 3.18. The Morgan fingerprint density at radius 3 is 2.79 bits per heavy atom. The molecule has 0 saturated heterocycles. The van der Waals surface area contributed by atoms with Gasteiger partial charge in [-0.25, -0.2) is 23.7 Å². The molecule has 0 amide bonds. The number of imidazole rings is 1. The maximum atomic E-state index is 14.0. The van der Waals surface area contributed by atoms with Gasteiger partial charge in [0.15, 0.2) is 23.2 Å². The predicted octanol–water partition coefficient (Wildman–Crippen LogP) is 4.19. The second kappa shape index (κ2) is 6.82. The van der Waals surface area contributed by atoms with E-state index < -0.39 is 11.6 Å². The van der Waals surface area contributed by atoms with Crippen LogP contribution >= 0.6 is 11.3 Å². The van der Waals surface area contributed by atoms with Crippen LogP contribution in [-0.4, -0.2) is 29.9 Å². The van der Waals surface area contributed by atoms with Crippen LogP contribution in [0, 0.1) is 18.6 Å². The largest absolute Gasteiger partial charge is 0.359 e. The summed E-state index contributed by atoms with van der Waals surface area (Å²) in [7, 11) is 0. The number of aryl methyl sites for hydroxylation is 1. The van der Waals surface area contributed by atoms with Gasteiger partial charge in [-0.05, 0) is 19.1 Å². The van der Waals surface area contributed by atoms with Crippen LogP contribution in [0.2, 0.25) is 0 Å². The number of thiazole rings is 1. The highest BCUT2D eigenvalue weighted by Crippen LogP contribution is 2.27. The Hall–Kier alpha value is -3.53. The number of aromatic nitrogens is 6. The summed E-state index contributed by atoms with van der Waals surface area (Å²) in [4.78, 5) is 12.9. The van der Waals surface area contributed by atoms with Crippen molar-refractivity contribution in [3.63, 3.8) is 0 Å². The van der Waals surface area contributed by atoms with Crippen LogP contribution in [0.3, 0.4) is 0 Å². The molecule has 5 rings (SSSR count). The number of hydrogen-bond donors (Lipinski definition) is 0. The summed E-state index contributed by atoms with van der Waals surface area (Å²) in [5.41, 5.74) is 2.59. The van der Waals surface area contributed by atoms with Gasteiger partial charge in [0.25, 0.3) is 0 Å². The van der Waals surface area contributed by atoms with E-state index in [0.717, 1.165) is 16.8 Å². The molecule has 10 heteroatoms. The van der Waals surface area contributed by atoms with E-state index in [1.54, 1.807) is 16.9 Å². The first-order valence-electron chi connectivity index (χ1n) is 8.59. The van der Waals surface area contributed by atoms with Gasteiger partial charge in [-0.3, -0.25) is 4.68 Å². The standard InChI is InChI=1S/C19H12F2N6OS/c1-10-9-29-19(23-10)14-5-11(28-26-14)7-27-8-16-15(6-22-27)24-18(25-16)12-3-2-4-13(20)17(12)21/h2-6,8-9H,7H2,1H3. The highest BCUT2D eigenvalue weighted by Gasteiger charge is 2.18. The van der Waals surface area contributed by atoms with Gasteiger partial charge in [0, 0.05) is 17.1 Å². The Bertz CT molecular complexity index is 1290. The molecule has 1 aromatic carbocycles. The molecule has 0 radical (unpaired) electrons. The Labute approximate surface area is 167 Å². The summed E-state index contributed by atoms with van der Waals surface area (Å²) in [5.74, 6) is -1.21. The van der Waals surface area contributed by atoms with Crippen molar-refractivity contribution in [1.29, 1.82) is 0 Å². The van der Waals surface area contributed by atoms with E-state index in [-0.39, 0.29) is 11.4 Å². The quantitative estimate of drug-likeness (QED) is 0.442. The van der Waals surface area contributed by atoms with E-state index in [4.69, 9.17) is 4.52 Å². The third-order valence-electron chi connectivity index (χ3n) is 4.22. The van der Waals surface area contributed by atoms with Gasteiger partial charge >= 0.3 is 0 Å². The summed E-state index contributed by atoms with van der Waals surface area (Å²) < 4.78 is 34.5. The fourth-order valence-electron chi connectivity index (χ4n) is 2.86. The van der Waals surface area contributed by atoms with E-state index in [2.05, 4.69) is 25.2 Å². The molecule has 0 unspecified atom stereocenters. The third-order valence-corrected chi connectivity index (χ3v) is 5.20. The Morgan fingerprint density at radius 2 is 1.97 bits per heavy atom. The maximum absolute atomic E-state index is 14.0. The number of fused-ring (bicyclic) bond motifs is 1. The molecule has 0 N–H and O–H groups in total. The molecule has 144 valence electrons. The van der Waals surface area contributed by atoms with Crippen LogP contribution < -0.4 is 0 Å². The smallest absolute Gasteiger partial charge is 0.169 e. The zero-order chi connectivity index (χ0) is 20.0. The zero-order valence-corrected chi connectivity index (χ0v) is 15.8. The van der Waals surface area contributed by atoms with Crippen LogP contribution in [0.4, 0.5) is 8.78 Å². The number of nitrogens with zero attached hydrogens (tertiary/aromatic N) is 6. The SMILES string of the molecule is Cc1csc(-c2cc(Cn3cc4nc(-c5cccc(F)c5F)nc-4cn3)on2)n1. The minimum atomic E-state index is -0.977. The lowest BCUT2D eigenvalue weighted by atomic mass is 10.2. The van der Waals surface area contributed by atoms with Crippen LogP contribution in [0.1, 0.15) is 11.5 Å². The lowest BCUT2D eigenvalue weighted by Crippen LogP contribution is -2.04. The Balaban J connectivity index is 1.43. The molecule has 2 aliphatic heterocycles. The summed E-state index contributed by atoms with van der Waals surface area (Å²) in [6.45, 7) is 2.24. The minimum Gasteiger partial charge on any atom is -0.359 e. The van der Waals surface area contributed by atoms with Crippen molar-refractivity contribution in [1.82, 2.24) is 29.9 Å². The molecule has 0 fully saturated rings. The van der Waals surface area contributed by atoms with Gasteiger partial charge in [0.05, 0.1) is 18.0 Å². The number of halogens is 2. The number of rotatable bonds is 4. The molecule has 0 atom stereocenters. The van der Waals surface area contributed by atoms with E-state index in [1.807, 2.05) is 12.3 Å². The van der Waals surface area contributed by atoms with E-state index >= 15 is 0 Å². The Morgan fingerprint density at radius 1 is 1.10 bits per heavy atom. The molecular formula is C19H12F2N6OS. The molecule has 4 heterocycles. The molecule has 2 aliphatic rings. The van der Waals surface area contributed by atoms with Gasteiger partial charge in [0.1, 0.15) is 28.6 Å². The van der Waals surface area contributed by atoms with Crippen LogP contribution in [-0.2, 0) is 6.54 Å². The van der Waals surface area contributed by atoms with Gasteiger partial charge in [-0.1, -0.05) is 11.2 Å². The molecule has 0 bridgehead atoms. The van der Waals surface area contributed by atoms with Crippen molar-refractivity contribution < 1.29 is 13.3 Å². The van der Waals surface area contributed by atoms with E-state index in [0.29, 0.717) is 29.4 Å². The molecule has 0 aliphatic carbocycles. The zero-order valence-electron chi connectivity index (χ0n) is 15.0. The fourth-order valence-corrected chi connectivity index (χ4v) is 3.61. The molecule has 29 heavy (non-hydrogen) atoms. The topological polar surface area (TPSA) is 82.5 Å². The van der Waals surface area contributed by atoms with E-state index in [1.165, 1.54) is 29.7 Å². The summed E-state index contributed by atoms with van der Waals surface area (Å²) in [5, 5.41) is 11.1. The lowest BCUT2D eigenvalue weighted by Gasteiger charge is -2.03. The first-order chi connectivity index (χ1) is 14.1. The Kier molecular flexibility index (Phi) is 4.13. The number of benzene rings is 1. The molecule has 7 nitrogen and oxygen atoms in total. The molecule has 2 aromatic heterocycles. The molecule has 0 saturated carbocycles. The van der Waals surface area contributed by atoms with Crippen molar-refractivity contribution in [2.75, 3.05) is 0 Å². The second-order valence-electron chi connectivity index (χ2n) is 6.36. The average Bonchev–Trinajstić information content (AvgIpc) is 3.43. The first-order valence-corrected chi connectivity index (χ1v) is 9.47. The molecule has 3 aromatic rings. The highest BCUT2D eigenvalue weighted by atomic mass is 32.1. The molecular weight excluding hydrogens is 398 g/mol. The maximum Gasteiger partial charge on any atom is 0.169 e. The van der Waals surface area contributed by atoms with Gasteiger partial charge in [-0.15, -0.1) is 11.3 Å². The highest BCUT2D eigenvalue weighted by molar-refractivity contribution is 7.13. The number of hydrogen-bond acceptors (Lipinski definition) is 7. The van der Waals surface area contributed by atoms with Crippen molar-refractivity contribution in [2.24, 2.45) is 0 Å². The molecule has 0 spiro atoms. The van der Waals surface area contributed by atoms with Crippen molar-refractivity contribution in [3.8, 4) is 33.5 Å². The van der Waals surface area contributed by atoms with Gasteiger partial charge in [-0.2, -0.15) is 5.10 Å². The second-order valence-corrected chi connectivity index (χ2v) is 7.22. The van der Waals surface area contributed by atoms with Gasteiger partial charge in [0.2, 0.25) is 0 Å². The third kappa shape index (κ3) is 3.27. The van der Waals surface area contributed by atoms with Crippen molar-refractivity contribution in [3.05, 3.63) is 65.1 Å². The monoisotopic (exact) mass is 410 g/mol. The van der Waals surface area contributed by atoms with Crippen molar-refractivity contribution >= 4 is 11.3 Å². The first kappa shape index (κ1) is 17.6. The van der Waals surface area contributed by atoms with Crippen LogP contribution in [0.25, 0.3) is 33.5 Å². The fraction of sp³-hybridized carbons (Fsp3) is 0.105. The van der Waals surface area contributed by atoms with Crippen LogP contribution in [0.5, 0.6) is 0 Å².